The van der Waals surface area contributed by atoms with Crippen LogP contribution in [0.25, 0.3) is 0 Å². The number of halogens is 1. The van der Waals surface area contributed by atoms with Crippen LogP contribution in [-0.4, -0.2) is 5.11 Å². The third kappa shape index (κ3) is 2.06. The van der Waals surface area contributed by atoms with E-state index >= 15 is 0 Å². The molecule has 0 atom stereocenters. The molecule has 0 aliphatic carbocycles. The summed E-state index contributed by atoms with van der Waals surface area (Å²) < 4.78 is 18.1. The molecule has 3 N–H and O–H groups in total. The number of ether oxygens (including phenoxy) is 1. The van der Waals surface area contributed by atoms with Gasteiger partial charge in [0.1, 0.15) is 5.82 Å². The SMILES string of the molecule is Nc1cc(F)ccc1Oc1ccccc1O. The van der Waals surface area contributed by atoms with Crippen molar-refractivity contribution in [1.29, 1.82) is 0 Å². The van der Waals surface area contributed by atoms with E-state index in [4.69, 9.17) is 10.5 Å². The minimum Gasteiger partial charge on any atom is -0.504 e. The van der Waals surface area contributed by atoms with Crippen molar-refractivity contribution in [2.75, 3.05) is 5.73 Å². The Morgan fingerprint density at radius 1 is 1.06 bits per heavy atom. The molecule has 16 heavy (non-hydrogen) atoms. The molecular formula is C12H10FNO2. The van der Waals surface area contributed by atoms with E-state index in [2.05, 4.69) is 0 Å². The van der Waals surface area contributed by atoms with E-state index in [0.717, 1.165) is 6.07 Å². The maximum atomic E-state index is 12.8. The lowest BCUT2D eigenvalue weighted by molar-refractivity contribution is 0.412. The average Bonchev–Trinajstić information content (AvgIpc) is 2.25. The van der Waals surface area contributed by atoms with Crippen LogP contribution in [0.3, 0.4) is 0 Å². The molecule has 0 fully saturated rings. The lowest BCUT2D eigenvalue weighted by Crippen LogP contribution is -1.93. The maximum absolute atomic E-state index is 12.8. The molecule has 0 aliphatic rings. The maximum Gasteiger partial charge on any atom is 0.169 e. The van der Waals surface area contributed by atoms with Crippen LogP contribution < -0.4 is 10.5 Å². The van der Waals surface area contributed by atoms with Crippen molar-refractivity contribution < 1.29 is 14.2 Å². The van der Waals surface area contributed by atoms with Crippen molar-refractivity contribution in [3.8, 4) is 17.2 Å². The summed E-state index contributed by atoms with van der Waals surface area (Å²) in [6.45, 7) is 0. The van der Waals surface area contributed by atoms with Gasteiger partial charge in [-0.15, -0.1) is 0 Å². The predicted octanol–water partition coefficient (Wildman–Crippen LogP) is 2.91. The number of phenolic OH excluding ortho intramolecular Hbond substituents is 1. The first-order chi connectivity index (χ1) is 7.66. The van der Waals surface area contributed by atoms with E-state index in [1.807, 2.05) is 0 Å². The largest absolute Gasteiger partial charge is 0.504 e. The van der Waals surface area contributed by atoms with Crippen molar-refractivity contribution >= 4 is 5.69 Å². The zero-order chi connectivity index (χ0) is 11.5. The molecule has 0 saturated carbocycles. The van der Waals surface area contributed by atoms with Gasteiger partial charge in [0.2, 0.25) is 0 Å². The van der Waals surface area contributed by atoms with Gasteiger partial charge in [-0.05, 0) is 24.3 Å². The Labute approximate surface area is 91.9 Å². The monoisotopic (exact) mass is 219 g/mol. The number of aromatic hydroxyl groups is 1. The number of nitrogen functional groups attached to an aromatic ring is 1. The summed E-state index contributed by atoms with van der Waals surface area (Å²) in [5, 5.41) is 9.48. The molecule has 2 rings (SSSR count). The van der Waals surface area contributed by atoms with Crippen LogP contribution in [0.5, 0.6) is 17.2 Å². The number of anilines is 1. The molecule has 0 aliphatic heterocycles. The average molecular weight is 219 g/mol. The fraction of sp³-hybridized carbons (Fsp3) is 0. The Kier molecular flexibility index (Phi) is 2.64. The minimum absolute atomic E-state index is 0.00576. The van der Waals surface area contributed by atoms with Crippen molar-refractivity contribution in [2.24, 2.45) is 0 Å². The number of hydrogen-bond donors (Lipinski definition) is 2. The van der Waals surface area contributed by atoms with Crippen molar-refractivity contribution in [1.82, 2.24) is 0 Å². The van der Waals surface area contributed by atoms with Crippen molar-refractivity contribution in [2.45, 2.75) is 0 Å². The number of hydrogen-bond acceptors (Lipinski definition) is 3. The molecule has 0 spiro atoms. The molecule has 0 unspecified atom stereocenters. The number of nitrogens with two attached hydrogens (primary N) is 1. The highest BCUT2D eigenvalue weighted by Gasteiger charge is 2.06. The summed E-state index contributed by atoms with van der Waals surface area (Å²) in [6, 6.07) is 10.3. The molecule has 82 valence electrons. The number of para-hydroxylation sites is 2. The first-order valence-corrected chi connectivity index (χ1v) is 4.67. The van der Waals surface area contributed by atoms with Gasteiger partial charge >= 0.3 is 0 Å². The number of rotatable bonds is 2. The predicted molar refractivity (Wildman–Crippen MR) is 59.0 cm³/mol. The molecule has 0 saturated heterocycles. The van der Waals surface area contributed by atoms with Gasteiger partial charge in [-0.1, -0.05) is 12.1 Å². The second kappa shape index (κ2) is 4.10. The Morgan fingerprint density at radius 2 is 1.81 bits per heavy atom. The highest BCUT2D eigenvalue weighted by atomic mass is 19.1. The fourth-order valence-corrected chi connectivity index (χ4v) is 1.27. The summed E-state index contributed by atoms with van der Waals surface area (Å²) in [5.74, 6) is 0.164. The van der Waals surface area contributed by atoms with Gasteiger partial charge in [0, 0.05) is 6.07 Å². The van der Waals surface area contributed by atoms with E-state index in [-0.39, 0.29) is 17.2 Å². The third-order valence-electron chi connectivity index (χ3n) is 2.06. The van der Waals surface area contributed by atoms with Crippen LogP contribution in [0.1, 0.15) is 0 Å². The van der Waals surface area contributed by atoms with E-state index in [1.165, 1.54) is 18.2 Å². The molecule has 0 aromatic heterocycles. The molecule has 2 aromatic rings. The summed E-state index contributed by atoms with van der Waals surface area (Å²) in [7, 11) is 0. The number of benzene rings is 2. The van der Waals surface area contributed by atoms with E-state index in [0.29, 0.717) is 5.75 Å². The molecular weight excluding hydrogens is 209 g/mol. The zero-order valence-electron chi connectivity index (χ0n) is 8.35. The zero-order valence-corrected chi connectivity index (χ0v) is 8.35. The molecule has 3 nitrogen and oxygen atoms in total. The molecule has 0 bridgehead atoms. The van der Waals surface area contributed by atoms with Crippen molar-refractivity contribution in [3.63, 3.8) is 0 Å². The quantitative estimate of drug-likeness (QED) is 0.763. The van der Waals surface area contributed by atoms with Gasteiger partial charge in [-0.3, -0.25) is 0 Å². The van der Waals surface area contributed by atoms with Crippen LogP contribution in [-0.2, 0) is 0 Å². The van der Waals surface area contributed by atoms with Gasteiger partial charge in [0.05, 0.1) is 5.69 Å². The Morgan fingerprint density at radius 3 is 2.50 bits per heavy atom. The lowest BCUT2D eigenvalue weighted by atomic mass is 10.3. The van der Waals surface area contributed by atoms with Gasteiger partial charge < -0.3 is 15.6 Å². The summed E-state index contributed by atoms with van der Waals surface area (Å²) in [4.78, 5) is 0. The molecule has 2 aromatic carbocycles. The van der Waals surface area contributed by atoms with Crippen LogP contribution in [0.15, 0.2) is 42.5 Å². The van der Waals surface area contributed by atoms with Crippen LogP contribution >= 0.6 is 0 Å². The second-order valence-electron chi connectivity index (χ2n) is 3.25. The van der Waals surface area contributed by atoms with E-state index in [9.17, 15) is 9.50 Å². The highest BCUT2D eigenvalue weighted by molar-refractivity contribution is 5.55. The van der Waals surface area contributed by atoms with E-state index < -0.39 is 5.82 Å². The molecule has 0 amide bonds. The smallest absolute Gasteiger partial charge is 0.169 e. The van der Waals surface area contributed by atoms with Crippen molar-refractivity contribution in [3.05, 3.63) is 48.3 Å². The molecule has 0 radical (unpaired) electrons. The molecule has 0 heterocycles. The van der Waals surface area contributed by atoms with Crippen LogP contribution in [0.4, 0.5) is 10.1 Å². The van der Waals surface area contributed by atoms with Gasteiger partial charge in [-0.25, -0.2) is 4.39 Å². The third-order valence-corrected chi connectivity index (χ3v) is 2.06. The summed E-state index contributed by atoms with van der Waals surface area (Å²) in [6.07, 6.45) is 0. The van der Waals surface area contributed by atoms with Gasteiger partial charge in [0.15, 0.2) is 17.2 Å². The normalized spacial score (nSPS) is 10.1. The highest BCUT2D eigenvalue weighted by Crippen LogP contribution is 2.33. The minimum atomic E-state index is -0.429. The Hall–Kier alpha value is -2.23. The molecule has 4 heteroatoms. The number of phenols is 1. The van der Waals surface area contributed by atoms with Crippen LogP contribution in [0, 0.1) is 5.82 Å². The Balaban J connectivity index is 2.31. The first-order valence-electron chi connectivity index (χ1n) is 4.67. The topological polar surface area (TPSA) is 55.5 Å². The lowest BCUT2D eigenvalue weighted by Gasteiger charge is -2.09. The van der Waals surface area contributed by atoms with Gasteiger partial charge in [0.25, 0.3) is 0 Å². The second-order valence-corrected chi connectivity index (χ2v) is 3.25. The van der Waals surface area contributed by atoms with E-state index in [1.54, 1.807) is 18.2 Å². The van der Waals surface area contributed by atoms with Gasteiger partial charge in [-0.2, -0.15) is 0 Å². The summed E-state index contributed by atoms with van der Waals surface area (Å²) >= 11 is 0. The summed E-state index contributed by atoms with van der Waals surface area (Å²) in [5.41, 5.74) is 5.76. The standard InChI is InChI=1S/C12H10FNO2/c13-8-5-6-11(9(14)7-8)16-12-4-2-1-3-10(12)15/h1-7,15H,14H2. The first kappa shape index (κ1) is 10.3. The Bertz CT molecular complexity index is 514. The fourth-order valence-electron chi connectivity index (χ4n) is 1.27. The van der Waals surface area contributed by atoms with Crippen LogP contribution in [0.2, 0.25) is 0 Å².